The summed E-state index contributed by atoms with van der Waals surface area (Å²) < 4.78 is 0. The van der Waals surface area contributed by atoms with Crippen LogP contribution in [-0.2, 0) is 16.0 Å². The molecule has 2 aromatic rings. The molecule has 0 saturated carbocycles. The van der Waals surface area contributed by atoms with E-state index in [1.807, 2.05) is 50.4 Å². The number of hydrogen-bond acceptors (Lipinski definition) is 4. The molecule has 0 saturated heterocycles. The monoisotopic (exact) mass is 360 g/mol. The highest BCUT2D eigenvalue weighted by Crippen LogP contribution is 2.25. The van der Waals surface area contributed by atoms with E-state index in [0.717, 1.165) is 10.6 Å². The van der Waals surface area contributed by atoms with Crippen LogP contribution in [0.1, 0.15) is 44.4 Å². The van der Waals surface area contributed by atoms with E-state index in [1.54, 1.807) is 0 Å². The first-order chi connectivity index (χ1) is 11.9. The predicted octanol–water partition coefficient (Wildman–Crippen LogP) is 3.81. The second-order valence-corrected chi connectivity index (χ2v) is 7.15. The van der Waals surface area contributed by atoms with Crippen molar-refractivity contribution in [1.29, 1.82) is 0 Å². The summed E-state index contributed by atoms with van der Waals surface area (Å²) in [6.07, 6.45) is 1.24. The van der Waals surface area contributed by atoms with Gasteiger partial charge in [0, 0.05) is 16.5 Å². The number of aliphatic carboxylic acids is 1. The van der Waals surface area contributed by atoms with Crippen LogP contribution >= 0.6 is 11.3 Å². The van der Waals surface area contributed by atoms with Crippen molar-refractivity contribution >= 4 is 23.2 Å². The molecule has 5 nitrogen and oxygen atoms in total. The standard InChI is InChI=1S/C19H24N2O3S/c1-4-19(5-2,11-17(23)24)21-16(22)10-15-12-25-18(20-15)14-8-6-13(3)7-9-14/h6-9,12H,4-5,10-11H2,1-3H3,(H,21,22)(H,23,24). The zero-order chi connectivity index (χ0) is 18.4. The first-order valence-corrected chi connectivity index (χ1v) is 9.29. The van der Waals surface area contributed by atoms with Crippen LogP contribution in [0.4, 0.5) is 0 Å². The fraction of sp³-hybridized carbons (Fsp3) is 0.421. The molecule has 0 unspecified atom stereocenters. The number of amides is 1. The number of carbonyl (C=O) groups is 2. The van der Waals surface area contributed by atoms with Gasteiger partial charge < -0.3 is 10.4 Å². The predicted molar refractivity (Wildman–Crippen MR) is 99.7 cm³/mol. The van der Waals surface area contributed by atoms with Gasteiger partial charge in [0.05, 0.1) is 18.5 Å². The van der Waals surface area contributed by atoms with Gasteiger partial charge in [0.2, 0.25) is 5.91 Å². The number of thiazole rings is 1. The number of carboxylic acids is 1. The third-order valence-electron chi connectivity index (χ3n) is 4.44. The van der Waals surface area contributed by atoms with E-state index in [9.17, 15) is 9.59 Å². The molecule has 0 aliphatic rings. The molecular formula is C19H24N2O3S. The van der Waals surface area contributed by atoms with Gasteiger partial charge in [-0.2, -0.15) is 0 Å². The Kier molecular flexibility index (Phi) is 6.31. The first-order valence-electron chi connectivity index (χ1n) is 8.41. The van der Waals surface area contributed by atoms with Crippen LogP contribution < -0.4 is 5.32 Å². The molecule has 0 spiro atoms. The number of nitrogens with one attached hydrogen (secondary N) is 1. The number of aromatic nitrogens is 1. The lowest BCUT2D eigenvalue weighted by Gasteiger charge is -2.31. The maximum Gasteiger partial charge on any atom is 0.305 e. The minimum atomic E-state index is -0.903. The van der Waals surface area contributed by atoms with Crippen LogP contribution in [-0.4, -0.2) is 27.5 Å². The summed E-state index contributed by atoms with van der Waals surface area (Å²) in [5.41, 5.74) is 2.23. The molecule has 25 heavy (non-hydrogen) atoms. The number of benzene rings is 1. The fourth-order valence-corrected chi connectivity index (χ4v) is 3.56. The van der Waals surface area contributed by atoms with E-state index in [-0.39, 0.29) is 18.7 Å². The average molecular weight is 360 g/mol. The van der Waals surface area contributed by atoms with Gasteiger partial charge in [-0.15, -0.1) is 11.3 Å². The first kappa shape index (κ1) is 19.1. The van der Waals surface area contributed by atoms with Gasteiger partial charge in [-0.05, 0) is 19.8 Å². The summed E-state index contributed by atoms with van der Waals surface area (Å²) in [6.45, 7) is 5.82. The molecule has 6 heteroatoms. The summed E-state index contributed by atoms with van der Waals surface area (Å²) in [5, 5.41) is 14.8. The minimum absolute atomic E-state index is 0.0720. The number of aryl methyl sites for hydroxylation is 1. The minimum Gasteiger partial charge on any atom is -0.481 e. The lowest BCUT2D eigenvalue weighted by molar-refractivity contribution is -0.139. The van der Waals surface area contributed by atoms with Crippen molar-refractivity contribution in [3.05, 3.63) is 40.9 Å². The molecule has 0 aliphatic heterocycles. The summed E-state index contributed by atoms with van der Waals surface area (Å²) in [7, 11) is 0. The molecule has 1 amide bonds. The highest BCUT2D eigenvalue weighted by Gasteiger charge is 2.31. The lowest BCUT2D eigenvalue weighted by atomic mass is 9.88. The van der Waals surface area contributed by atoms with Gasteiger partial charge >= 0.3 is 5.97 Å². The van der Waals surface area contributed by atoms with E-state index in [4.69, 9.17) is 5.11 Å². The Morgan fingerprint density at radius 2 is 1.84 bits per heavy atom. The van der Waals surface area contributed by atoms with Crippen molar-refractivity contribution < 1.29 is 14.7 Å². The summed E-state index contributed by atoms with van der Waals surface area (Å²) >= 11 is 1.51. The number of hydrogen-bond donors (Lipinski definition) is 2. The normalized spacial score (nSPS) is 11.3. The van der Waals surface area contributed by atoms with Crippen LogP contribution in [0.5, 0.6) is 0 Å². The molecule has 0 radical (unpaired) electrons. The van der Waals surface area contributed by atoms with Crippen molar-refractivity contribution in [3.8, 4) is 10.6 Å². The Morgan fingerprint density at radius 1 is 1.20 bits per heavy atom. The molecule has 0 aliphatic carbocycles. The largest absolute Gasteiger partial charge is 0.481 e. The van der Waals surface area contributed by atoms with E-state index in [1.165, 1.54) is 16.9 Å². The van der Waals surface area contributed by atoms with Crippen LogP contribution in [0, 0.1) is 6.92 Å². The van der Waals surface area contributed by atoms with Gasteiger partial charge in [-0.3, -0.25) is 9.59 Å². The van der Waals surface area contributed by atoms with Crippen molar-refractivity contribution in [2.45, 2.75) is 52.0 Å². The van der Waals surface area contributed by atoms with E-state index in [0.29, 0.717) is 18.5 Å². The lowest BCUT2D eigenvalue weighted by Crippen LogP contribution is -2.49. The quantitative estimate of drug-likeness (QED) is 0.750. The van der Waals surface area contributed by atoms with Gasteiger partial charge in [-0.25, -0.2) is 4.98 Å². The fourth-order valence-electron chi connectivity index (χ4n) is 2.73. The molecule has 2 rings (SSSR count). The second kappa shape index (κ2) is 8.25. The Bertz CT molecular complexity index is 733. The number of rotatable bonds is 8. The topological polar surface area (TPSA) is 79.3 Å². The SMILES string of the molecule is CCC(CC)(CC(=O)O)NC(=O)Cc1csc(-c2ccc(C)cc2)n1. The van der Waals surface area contributed by atoms with Gasteiger partial charge in [0.1, 0.15) is 5.01 Å². The third kappa shape index (κ3) is 5.13. The Morgan fingerprint density at radius 3 is 2.40 bits per heavy atom. The van der Waals surface area contributed by atoms with E-state index >= 15 is 0 Å². The molecule has 1 aromatic carbocycles. The highest BCUT2D eigenvalue weighted by molar-refractivity contribution is 7.13. The van der Waals surface area contributed by atoms with Gasteiger partial charge in [0.15, 0.2) is 0 Å². The summed E-state index contributed by atoms with van der Waals surface area (Å²) in [6, 6.07) is 8.10. The van der Waals surface area contributed by atoms with Crippen molar-refractivity contribution in [2.75, 3.05) is 0 Å². The molecule has 134 valence electrons. The molecule has 1 aromatic heterocycles. The molecule has 0 fully saturated rings. The van der Waals surface area contributed by atoms with Crippen molar-refractivity contribution in [2.24, 2.45) is 0 Å². The molecule has 2 N–H and O–H groups in total. The summed E-state index contributed by atoms with van der Waals surface area (Å²) in [5.74, 6) is -1.09. The Balaban J connectivity index is 2.05. The second-order valence-electron chi connectivity index (χ2n) is 6.29. The van der Waals surface area contributed by atoms with Crippen LogP contribution in [0.3, 0.4) is 0 Å². The average Bonchev–Trinajstić information content (AvgIpc) is 3.02. The van der Waals surface area contributed by atoms with Crippen molar-refractivity contribution in [1.82, 2.24) is 10.3 Å². The van der Waals surface area contributed by atoms with E-state index in [2.05, 4.69) is 10.3 Å². The van der Waals surface area contributed by atoms with Crippen LogP contribution in [0.25, 0.3) is 10.6 Å². The van der Waals surface area contributed by atoms with Gasteiger partial charge in [0.25, 0.3) is 0 Å². The Labute approximate surface area is 152 Å². The molecular weight excluding hydrogens is 336 g/mol. The van der Waals surface area contributed by atoms with Crippen LogP contribution in [0.15, 0.2) is 29.6 Å². The number of carboxylic acid groups (broad SMARTS) is 1. The van der Waals surface area contributed by atoms with Crippen molar-refractivity contribution in [3.63, 3.8) is 0 Å². The smallest absolute Gasteiger partial charge is 0.305 e. The number of carbonyl (C=O) groups excluding carboxylic acids is 1. The van der Waals surface area contributed by atoms with Gasteiger partial charge in [-0.1, -0.05) is 43.7 Å². The number of nitrogens with zero attached hydrogens (tertiary/aromatic N) is 1. The molecule has 1 heterocycles. The third-order valence-corrected chi connectivity index (χ3v) is 5.38. The molecule has 0 bridgehead atoms. The summed E-state index contributed by atoms with van der Waals surface area (Å²) in [4.78, 5) is 28.0. The maximum atomic E-state index is 12.4. The zero-order valence-corrected chi connectivity index (χ0v) is 15.7. The molecule has 0 atom stereocenters. The zero-order valence-electron chi connectivity index (χ0n) is 14.8. The maximum absolute atomic E-state index is 12.4. The highest BCUT2D eigenvalue weighted by atomic mass is 32.1. The Hall–Kier alpha value is -2.21. The van der Waals surface area contributed by atoms with Crippen LogP contribution in [0.2, 0.25) is 0 Å². The van der Waals surface area contributed by atoms with E-state index < -0.39 is 11.5 Å².